The lowest BCUT2D eigenvalue weighted by atomic mass is 10.0. The fourth-order valence-electron chi connectivity index (χ4n) is 2.19. The van der Waals surface area contributed by atoms with Crippen molar-refractivity contribution in [2.75, 3.05) is 0 Å². The van der Waals surface area contributed by atoms with Crippen molar-refractivity contribution in [3.05, 3.63) is 11.6 Å². The Kier molecular flexibility index (Phi) is 12.6. The molecule has 0 nitrogen and oxygen atoms in total. The van der Waals surface area contributed by atoms with Crippen LogP contribution < -0.4 is 0 Å². The largest absolute Gasteiger partial charge is 0.0885 e. The van der Waals surface area contributed by atoms with Crippen LogP contribution in [0, 0.1) is 0 Å². The maximum atomic E-state index is 2.30. The molecule has 0 amide bonds. The molecule has 0 aromatic carbocycles. The van der Waals surface area contributed by atoms with Gasteiger partial charge in [-0.2, -0.15) is 0 Å². The van der Waals surface area contributed by atoms with E-state index in [1.165, 1.54) is 70.6 Å². The topological polar surface area (TPSA) is 0 Å². The van der Waals surface area contributed by atoms with Gasteiger partial charge >= 0.3 is 0 Å². The zero-order valence-electron chi connectivity index (χ0n) is 11.9. The number of allylic oxidation sites excluding steroid dienone is 2. The molecule has 0 aliphatic heterocycles. The molecule has 0 heterocycles. The summed E-state index contributed by atoms with van der Waals surface area (Å²) in [5, 5.41) is 0. The minimum absolute atomic E-state index is 1.24. The molecule has 0 heteroatoms. The van der Waals surface area contributed by atoms with Crippen LogP contribution in [0.5, 0.6) is 0 Å². The highest BCUT2D eigenvalue weighted by molar-refractivity contribution is 4.98. The molecule has 0 aromatic rings. The predicted molar refractivity (Wildman–Crippen MR) is 75.9 cm³/mol. The van der Waals surface area contributed by atoms with Gasteiger partial charge in [-0.05, 0) is 26.2 Å². The van der Waals surface area contributed by atoms with Gasteiger partial charge in [-0.25, -0.2) is 0 Å². The van der Waals surface area contributed by atoms with Crippen LogP contribution in [0.25, 0.3) is 0 Å². The van der Waals surface area contributed by atoms with Crippen molar-refractivity contribution < 1.29 is 0 Å². The molecule has 96 valence electrons. The third kappa shape index (κ3) is 10.3. The van der Waals surface area contributed by atoms with Crippen LogP contribution in [0.1, 0.15) is 91.4 Å². The predicted octanol–water partition coefficient (Wildman–Crippen LogP) is 6.26. The molecule has 0 fully saturated rings. The maximum absolute atomic E-state index is 2.30. The molecule has 0 saturated carbocycles. The van der Waals surface area contributed by atoms with E-state index >= 15 is 0 Å². The Bertz CT molecular complexity index is 155. The van der Waals surface area contributed by atoms with Crippen molar-refractivity contribution >= 4 is 0 Å². The average molecular weight is 224 g/mol. The summed E-state index contributed by atoms with van der Waals surface area (Å²) >= 11 is 0. The highest BCUT2D eigenvalue weighted by atomic mass is 14.0. The molecule has 0 aromatic heterocycles. The molecule has 0 atom stereocenters. The number of hydrogen-bond donors (Lipinski definition) is 0. The van der Waals surface area contributed by atoms with Crippen molar-refractivity contribution in [1.29, 1.82) is 0 Å². The van der Waals surface area contributed by atoms with Gasteiger partial charge in [0, 0.05) is 0 Å². The second-order valence-corrected chi connectivity index (χ2v) is 4.88. The van der Waals surface area contributed by atoms with Gasteiger partial charge in [-0.3, -0.25) is 0 Å². The first-order chi connectivity index (χ1) is 7.85. The Labute approximate surface area is 104 Å². The summed E-state index contributed by atoms with van der Waals surface area (Å²) in [7, 11) is 0. The van der Waals surface area contributed by atoms with Crippen molar-refractivity contribution in [2.45, 2.75) is 91.4 Å². The first kappa shape index (κ1) is 15.7. The van der Waals surface area contributed by atoms with E-state index in [0.29, 0.717) is 0 Å². The number of rotatable bonds is 11. The van der Waals surface area contributed by atoms with Crippen LogP contribution >= 0.6 is 0 Å². The lowest BCUT2D eigenvalue weighted by Crippen LogP contribution is -1.84. The summed E-state index contributed by atoms with van der Waals surface area (Å²) in [5.41, 5.74) is 1.64. The lowest BCUT2D eigenvalue weighted by Gasteiger charge is -2.04. The fourth-order valence-corrected chi connectivity index (χ4v) is 2.19. The quantitative estimate of drug-likeness (QED) is 0.287. The van der Waals surface area contributed by atoms with Crippen molar-refractivity contribution in [3.63, 3.8) is 0 Å². The average Bonchev–Trinajstić information content (AvgIpc) is 2.32. The molecule has 0 saturated heterocycles. The van der Waals surface area contributed by atoms with E-state index in [4.69, 9.17) is 0 Å². The minimum Gasteiger partial charge on any atom is -0.0885 e. The summed E-state index contributed by atoms with van der Waals surface area (Å²) in [6.07, 6.45) is 17.8. The summed E-state index contributed by atoms with van der Waals surface area (Å²) in [5.74, 6) is 0. The number of unbranched alkanes of at least 4 members (excludes halogenated alkanes) is 8. The van der Waals surface area contributed by atoms with Crippen LogP contribution in [-0.4, -0.2) is 0 Å². The monoisotopic (exact) mass is 224 g/mol. The lowest BCUT2D eigenvalue weighted by molar-refractivity contribution is 0.563. The molecule has 0 aliphatic rings. The Balaban J connectivity index is 3.09. The van der Waals surface area contributed by atoms with Crippen LogP contribution in [0.3, 0.4) is 0 Å². The standard InChI is InChI=1S/C16H32/c1-4-7-8-9-10-11-12-13-14-15-16(5-2)6-3/h5H,4,6-15H2,1-3H3. The van der Waals surface area contributed by atoms with Crippen LogP contribution in [0.4, 0.5) is 0 Å². The van der Waals surface area contributed by atoms with E-state index in [2.05, 4.69) is 26.8 Å². The molecule has 0 unspecified atom stereocenters. The smallest absolute Gasteiger partial charge is 0.0321 e. The highest BCUT2D eigenvalue weighted by Gasteiger charge is 1.94. The highest BCUT2D eigenvalue weighted by Crippen LogP contribution is 2.14. The van der Waals surface area contributed by atoms with E-state index in [0.717, 1.165) is 0 Å². The minimum atomic E-state index is 1.24. The van der Waals surface area contributed by atoms with Crippen molar-refractivity contribution in [2.24, 2.45) is 0 Å². The van der Waals surface area contributed by atoms with Gasteiger partial charge in [0.2, 0.25) is 0 Å². The molecule has 0 rings (SSSR count). The maximum Gasteiger partial charge on any atom is -0.0321 e. The second kappa shape index (κ2) is 12.8. The van der Waals surface area contributed by atoms with Crippen molar-refractivity contribution in [3.8, 4) is 0 Å². The normalized spacial score (nSPS) is 12.1. The van der Waals surface area contributed by atoms with Crippen LogP contribution in [0.2, 0.25) is 0 Å². The Morgan fingerprint density at radius 3 is 1.69 bits per heavy atom. The molecule has 0 spiro atoms. The first-order valence-corrected chi connectivity index (χ1v) is 7.49. The van der Waals surface area contributed by atoms with Gasteiger partial charge in [0.15, 0.2) is 0 Å². The number of hydrogen-bond acceptors (Lipinski definition) is 0. The summed E-state index contributed by atoms with van der Waals surface area (Å²) < 4.78 is 0. The van der Waals surface area contributed by atoms with Crippen molar-refractivity contribution in [1.82, 2.24) is 0 Å². The van der Waals surface area contributed by atoms with E-state index in [-0.39, 0.29) is 0 Å². The van der Waals surface area contributed by atoms with Gasteiger partial charge in [-0.1, -0.05) is 76.9 Å². The van der Waals surface area contributed by atoms with Gasteiger partial charge in [-0.15, -0.1) is 0 Å². The molecule has 0 bridgehead atoms. The first-order valence-electron chi connectivity index (χ1n) is 7.49. The fraction of sp³-hybridized carbons (Fsp3) is 0.875. The molecular weight excluding hydrogens is 192 g/mol. The molecule has 0 N–H and O–H groups in total. The van der Waals surface area contributed by atoms with E-state index in [9.17, 15) is 0 Å². The van der Waals surface area contributed by atoms with Gasteiger partial charge in [0.1, 0.15) is 0 Å². The second-order valence-electron chi connectivity index (χ2n) is 4.88. The zero-order chi connectivity index (χ0) is 12.1. The van der Waals surface area contributed by atoms with E-state index < -0.39 is 0 Å². The van der Waals surface area contributed by atoms with Gasteiger partial charge in [0.25, 0.3) is 0 Å². The van der Waals surface area contributed by atoms with Crippen LogP contribution in [-0.2, 0) is 0 Å². The Morgan fingerprint density at radius 1 is 0.750 bits per heavy atom. The zero-order valence-corrected chi connectivity index (χ0v) is 11.9. The Morgan fingerprint density at radius 2 is 1.25 bits per heavy atom. The Hall–Kier alpha value is -0.260. The summed E-state index contributed by atoms with van der Waals surface area (Å²) in [4.78, 5) is 0. The molecule has 0 radical (unpaired) electrons. The SMILES string of the molecule is CC=C(CC)CCCCCCCCCCC. The molecular formula is C16H32. The van der Waals surface area contributed by atoms with Crippen LogP contribution in [0.15, 0.2) is 11.6 Å². The summed E-state index contributed by atoms with van der Waals surface area (Å²) in [6.45, 7) is 6.72. The van der Waals surface area contributed by atoms with Gasteiger partial charge < -0.3 is 0 Å². The van der Waals surface area contributed by atoms with E-state index in [1.54, 1.807) is 5.57 Å². The van der Waals surface area contributed by atoms with E-state index in [1.807, 2.05) is 0 Å². The van der Waals surface area contributed by atoms with Gasteiger partial charge in [0.05, 0.1) is 0 Å². The third-order valence-electron chi connectivity index (χ3n) is 3.46. The molecule has 0 aliphatic carbocycles. The summed E-state index contributed by atoms with van der Waals surface area (Å²) in [6, 6.07) is 0. The third-order valence-corrected chi connectivity index (χ3v) is 3.46. The molecule has 16 heavy (non-hydrogen) atoms.